The number of piperidine rings is 1. The van der Waals surface area contributed by atoms with Gasteiger partial charge in [-0.15, -0.1) is 0 Å². The summed E-state index contributed by atoms with van der Waals surface area (Å²) in [5.74, 6) is 0.122. The first kappa shape index (κ1) is 24.2. The number of likely N-dealkylation sites (tertiary alicyclic amines) is 1. The van der Waals surface area contributed by atoms with Crippen LogP contribution in [-0.4, -0.2) is 57.9 Å². The van der Waals surface area contributed by atoms with Crippen LogP contribution in [0.3, 0.4) is 0 Å². The number of nitrogens with zero attached hydrogens (tertiary/aromatic N) is 3. The lowest BCUT2D eigenvalue weighted by Gasteiger charge is -2.34. The lowest BCUT2D eigenvalue weighted by molar-refractivity contribution is -0.122. The molecule has 0 unspecified atom stereocenters. The van der Waals surface area contributed by atoms with E-state index in [2.05, 4.69) is 10.4 Å². The van der Waals surface area contributed by atoms with E-state index in [9.17, 15) is 14.7 Å². The van der Waals surface area contributed by atoms with Gasteiger partial charge in [0.1, 0.15) is 0 Å². The molecular weight excluding hydrogens is 456 g/mol. The van der Waals surface area contributed by atoms with Crippen LogP contribution in [0, 0.1) is 11.8 Å². The topological polar surface area (TPSA) is 96.7 Å². The van der Waals surface area contributed by atoms with Gasteiger partial charge < -0.3 is 20.1 Å². The number of carbonyl (C=O) groups excluding carboxylic acids is 2. The maximum atomic E-state index is 13.1. The Morgan fingerprint density at radius 2 is 1.67 bits per heavy atom. The zero-order valence-corrected chi connectivity index (χ0v) is 20.3. The third-order valence-corrected chi connectivity index (χ3v) is 7.24. The van der Waals surface area contributed by atoms with Gasteiger partial charge in [-0.05, 0) is 61.4 Å². The molecule has 2 aromatic carbocycles. The SMILES string of the molecule is O=C(Nc1cnn(-c2ccc(C(=O)N3CCC([C@@H](O)c4ccccc4)CC3)cc2)c1)C1CCOCC1. The number of rotatable bonds is 6. The summed E-state index contributed by atoms with van der Waals surface area (Å²) in [6.07, 6.45) is 5.93. The number of nitrogens with one attached hydrogen (secondary N) is 1. The molecule has 36 heavy (non-hydrogen) atoms. The third-order valence-electron chi connectivity index (χ3n) is 7.24. The molecule has 188 valence electrons. The average Bonchev–Trinajstić information content (AvgIpc) is 3.42. The smallest absolute Gasteiger partial charge is 0.253 e. The predicted molar refractivity (Wildman–Crippen MR) is 136 cm³/mol. The van der Waals surface area contributed by atoms with Crippen molar-refractivity contribution in [1.29, 1.82) is 0 Å². The number of anilines is 1. The fraction of sp³-hybridized carbons (Fsp3) is 0.393. The maximum Gasteiger partial charge on any atom is 0.253 e. The third kappa shape index (κ3) is 5.50. The second-order valence-corrected chi connectivity index (χ2v) is 9.58. The van der Waals surface area contributed by atoms with E-state index in [-0.39, 0.29) is 23.7 Å². The van der Waals surface area contributed by atoms with Crippen molar-refractivity contribution in [2.45, 2.75) is 31.8 Å². The fourth-order valence-electron chi connectivity index (χ4n) is 5.01. The Labute approximate surface area is 210 Å². The van der Waals surface area contributed by atoms with Crippen LogP contribution in [0.5, 0.6) is 0 Å². The molecule has 0 spiro atoms. The minimum absolute atomic E-state index is 0.000852. The van der Waals surface area contributed by atoms with Crippen molar-refractivity contribution in [3.05, 3.63) is 78.1 Å². The quantitative estimate of drug-likeness (QED) is 0.550. The summed E-state index contributed by atoms with van der Waals surface area (Å²) in [6.45, 7) is 2.50. The molecule has 2 N–H and O–H groups in total. The molecule has 2 aliphatic rings. The lowest BCUT2D eigenvalue weighted by atomic mass is 9.87. The summed E-state index contributed by atoms with van der Waals surface area (Å²) in [5, 5.41) is 18.0. The van der Waals surface area contributed by atoms with Gasteiger partial charge in [0.15, 0.2) is 0 Å². The highest BCUT2D eigenvalue weighted by Crippen LogP contribution is 2.31. The molecule has 0 radical (unpaired) electrons. The highest BCUT2D eigenvalue weighted by molar-refractivity contribution is 5.94. The molecule has 3 aromatic rings. The number of amides is 2. The Kier molecular flexibility index (Phi) is 7.44. The minimum atomic E-state index is -0.497. The van der Waals surface area contributed by atoms with Gasteiger partial charge in [0.05, 0.1) is 29.9 Å². The van der Waals surface area contributed by atoms with E-state index in [1.165, 1.54) is 0 Å². The molecule has 0 saturated carbocycles. The van der Waals surface area contributed by atoms with E-state index in [4.69, 9.17) is 4.74 Å². The first-order valence-corrected chi connectivity index (χ1v) is 12.6. The van der Waals surface area contributed by atoms with E-state index in [1.807, 2.05) is 59.5 Å². The van der Waals surface area contributed by atoms with Crippen molar-refractivity contribution in [2.24, 2.45) is 11.8 Å². The van der Waals surface area contributed by atoms with Gasteiger partial charge in [0, 0.05) is 37.8 Å². The van der Waals surface area contributed by atoms with Crippen LogP contribution in [0.25, 0.3) is 5.69 Å². The van der Waals surface area contributed by atoms with Crippen molar-refractivity contribution >= 4 is 17.5 Å². The summed E-state index contributed by atoms with van der Waals surface area (Å²) in [4.78, 5) is 27.4. The number of hydrogen-bond acceptors (Lipinski definition) is 5. The molecule has 3 heterocycles. The van der Waals surface area contributed by atoms with Crippen LogP contribution >= 0.6 is 0 Å². The second kappa shape index (κ2) is 11.1. The summed E-state index contributed by atoms with van der Waals surface area (Å²) >= 11 is 0. The van der Waals surface area contributed by atoms with Crippen molar-refractivity contribution < 1.29 is 19.4 Å². The Bertz CT molecular complexity index is 1160. The standard InChI is InChI=1S/C28H32N4O4/c33-26(20-4-2-1-3-5-20)21-10-14-31(15-11-21)28(35)23-6-8-25(9-7-23)32-19-24(18-29-32)30-27(34)22-12-16-36-17-13-22/h1-9,18-19,21-22,26,33H,10-17H2,(H,30,34)/t26-/m0/s1. The maximum absolute atomic E-state index is 13.1. The largest absolute Gasteiger partial charge is 0.388 e. The number of aliphatic hydroxyl groups excluding tert-OH is 1. The first-order chi connectivity index (χ1) is 17.6. The van der Waals surface area contributed by atoms with Crippen molar-refractivity contribution in [2.75, 3.05) is 31.6 Å². The van der Waals surface area contributed by atoms with Gasteiger partial charge in [-0.25, -0.2) is 4.68 Å². The van der Waals surface area contributed by atoms with E-state index < -0.39 is 6.10 Å². The molecule has 0 bridgehead atoms. The summed E-state index contributed by atoms with van der Waals surface area (Å²) in [7, 11) is 0. The number of ether oxygens (including phenoxy) is 1. The summed E-state index contributed by atoms with van der Waals surface area (Å²) in [5.41, 5.74) is 3.01. The number of aromatic nitrogens is 2. The van der Waals surface area contributed by atoms with Gasteiger partial charge in [-0.1, -0.05) is 30.3 Å². The molecule has 5 rings (SSSR count). The van der Waals surface area contributed by atoms with E-state index in [0.29, 0.717) is 37.6 Å². The molecule has 2 amide bonds. The van der Waals surface area contributed by atoms with Crippen molar-refractivity contribution in [3.8, 4) is 5.69 Å². The molecule has 1 aromatic heterocycles. The molecule has 0 aliphatic carbocycles. The Hall–Kier alpha value is -3.49. The normalized spacial score (nSPS) is 18.1. The van der Waals surface area contributed by atoms with Gasteiger partial charge in [-0.2, -0.15) is 5.10 Å². The molecule has 2 saturated heterocycles. The second-order valence-electron chi connectivity index (χ2n) is 9.58. The monoisotopic (exact) mass is 488 g/mol. The highest BCUT2D eigenvalue weighted by atomic mass is 16.5. The van der Waals surface area contributed by atoms with Crippen molar-refractivity contribution in [1.82, 2.24) is 14.7 Å². The zero-order valence-electron chi connectivity index (χ0n) is 20.3. The van der Waals surface area contributed by atoms with Crippen LogP contribution in [0.2, 0.25) is 0 Å². The van der Waals surface area contributed by atoms with Gasteiger partial charge in [-0.3, -0.25) is 9.59 Å². The first-order valence-electron chi connectivity index (χ1n) is 12.6. The summed E-state index contributed by atoms with van der Waals surface area (Å²) in [6, 6.07) is 17.1. The molecule has 1 atom stereocenters. The molecule has 2 aliphatic heterocycles. The molecule has 2 fully saturated rings. The van der Waals surface area contributed by atoms with Gasteiger partial charge >= 0.3 is 0 Å². The Morgan fingerprint density at radius 3 is 2.36 bits per heavy atom. The highest BCUT2D eigenvalue weighted by Gasteiger charge is 2.28. The molecule has 8 heteroatoms. The number of carbonyl (C=O) groups is 2. The van der Waals surface area contributed by atoms with Crippen LogP contribution in [0.4, 0.5) is 5.69 Å². The van der Waals surface area contributed by atoms with Crippen LogP contribution in [0.1, 0.15) is 47.7 Å². The summed E-state index contributed by atoms with van der Waals surface area (Å²) < 4.78 is 7.01. The Morgan fingerprint density at radius 1 is 0.972 bits per heavy atom. The fourth-order valence-corrected chi connectivity index (χ4v) is 5.01. The Balaban J connectivity index is 1.15. The van der Waals surface area contributed by atoms with Crippen LogP contribution in [-0.2, 0) is 9.53 Å². The van der Waals surface area contributed by atoms with Gasteiger partial charge in [0.25, 0.3) is 5.91 Å². The van der Waals surface area contributed by atoms with Crippen LogP contribution < -0.4 is 5.32 Å². The van der Waals surface area contributed by atoms with E-state index >= 15 is 0 Å². The van der Waals surface area contributed by atoms with Crippen LogP contribution in [0.15, 0.2) is 67.0 Å². The van der Waals surface area contributed by atoms with Gasteiger partial charge in [0.2, 0.25) is 5.91 Å². The minimum Gasteiger partial charge on any atom is -0.388 e. The predicted octanol–water partition coefficient (Wildman–Crippen LogP) is 3.82. The average molecular weight is 489 g/mol. The number of aliphatic hydroxyl groups is 1. The zero-order chi connectivity index (χ0) is 24.9. The van der Waals surface area contributed by atoms with Crippen molar-refractivity contribution in [3.63, 3.8) is 0 Å². The van der Waals surface area contributed by atoms with E-state index in [1.54, 1.807) is 17.1 Å². The number of benzene rings is 2. The number of hydrogen-bond donors (Lipinski definition) is 2. The lowest BCUT2D eigenvalue weighted by Crippen LogP contribution is -2.39. The van der Waals surface area contributed by atoms with E-state index in [0.717, 1.165) is 36.9 Å². The molecular formula is C28H32N4O4. The molecule has 8 nitrogen and oxygen atoms in total.